The summed E-state index contributed by atoms with van der Waals surface area (Å²) in [5, 5.41) is 0. The predicted molar refractivity (Wildman–Crippen MR) is 83.2 cm³/mol. The lowest BCUT2D eigenvalue weighted by atomic mass is 10.1. The van der Waals surface area contributed by atoms with E-state index >= 15 is 0 Å². The lowest BCUT2D eigenvalue weighted by molar-refractivity contribution is 0.560. The Kier molecular flexibility index (Phi) is 3.61. The molecule has 2 aromatic rings. The molecule has 0 saturated carbocycles. The van der Waals surface area contributed by atoms with Crippen LogP contribution in [-0.4, -0.2) is 13.2 Å². The summed E-state index contributed by atoms with van der Waals surface area (Å²) in [4.78, 5) is 0.359. The molecule has 0 amide bonds. The standard InChI is InChI=1S/C16H19NO2S/c1-16(2,3)20(18,19)15-7-5-4-6-14(15)12-8-10-13(17)11-9-12/h4-11H,17H2,1-3H3. The fourth-order valence-electron chi connectivity index (χ4n) is 1.93. The summed E-state index contributed by atoms with van der Waals surface area (Å²) in [6.07, 6.45) is 0. The fourth-order valence-corrected chi connectivity index (χ4v) is 3.32. The van der Waals surface area contributed by atoms with Crippen LogP contribution < -0.4 is 5.73 Å². The summed E-state index contributed by atoms with van der Waals surface area (Å²) >= 11 is 0. The highest BCUT2D eigenvalue weighted by atomic mass is 32.2. The van der Waals surface area contributed by atoms with Gasteiger partial charge in [0, 0.05) is 11.3 Å². The minimum Gasteiger partial charge on any atom is -0.399 e. The van der Waals surface area contributed by atoms with Crippen LogP contribution in [0.15, 0.2) is 53.4 Å². The number of sulfone groups is 1. The van der Waals surface area contributed by atoms with Crippen molar-refractivity contribution in [1.29, 1.82) is 0 Å². The largest absolute Gasteiger partial charge is 0.399 e. The first kappa shape index (κ1) is 14.6. The minimum atomic E-state index is -3.40. The number of nitrogen functional groups attached to an aromatic ring is 1. The Morgan fingerprint density at radius 2 is 1.45 bits per heavy atom. The van der Waals surface area contributed by atoms with E-state index in [-0.39, 0.29) is 0 Å². The van der Waals surface area contributed by atoms with Gasteiger partial charge >= 0.3 is 0 Å². The summed E-state index contributed by atoms with van der Waals surface area (Å²) < 4.78 is 24.5. The van der Waals surface area contributed by atoms with Crippen LogP contribution in [-0.2, 0) is 9.84 Å². The minimum absolute atomic E-state index is 0.359. The Labute approximate surface area is 120 Å². The van der Waals surface area contributed by atoms with Crippen molar-refractivity contribution in [3.8, 4) is 11.1 Å². The zero-order valence-electron chi connectivity index (χ0n) is 11.9. The second-order valence-corrected chi connectivity index (χ2v) is 8.41. The molecule has 2 aromatic carbocycles. The van der Waals surface area contributed by atoms with Crippen molar-refractivity contribution in [3.05, 3.63) is 48.5 Å². The summed E-state index contributed by atoms with van der Waals surface area (Å²) in [5.41, 5.74) is 7.90. The van der Waals surface area contributed by atoms with E-state index in [9.17, 15) is 8.42 Å². The van der Waals surface area contributed by atoms with Gasteiger partial charge in [-0.25, -0.2) is 8.42 Å². The lowest BCUT2D eigenvalue weighted by Gasteiger charge is -2.21. The van der Waals surface area contributed by atoms with Crippen LogP contribution in [0.3, 0.4) is 0 Å². The summed E-state index contributed by atoms with van der Waals surface area (Å²) in [5.74, 6) is 0. The Hall–Kier alpha value is -1.81. The van der Waals surface area contributed by atoms with E-state index in [1.54, 1.807) is 45.0 Å². The van der Waals surface area contributed by atoms with Crippen LogP contribution in [0, 0.1) is 0 Å². The molecule has 0 fully saturated rings. The number of hydrogen-bond donors (Lipinski definition) is 1. The van der Waals surface area contributed by atoms with Gasteiger partial charge in [0.25, 0.3) is 0 Å². The van der Waals surface area contributed by atoms with Crippen LogP contribution in [0.2, 0.25) is 0 Å². The van der Waals surface area contributed by atoms with Gasteiger partial charge in [-0.1, -0.05) is 30.3 Å². The Morgan fingerprint density at radius 3 is 2.00 bits per heavy atom. The first-order valence-corrected chi connectivity index (χ1v) is 7.91. The zero-order valence-corrected chi connectivity index (χ0v) is 12.7. The van der Waals surface area contributed by atoms with E-state index in [1.807, 2.05) is 24.3 Å². The van der Waals surface area contributed by atoms with Crippen molar-refractivity contribution >= 4 is 15.5 Å². The van der Waals surface area contributed by atoms with Crippen LogP contribution in [0.1, 0.15) is 20.8 Å². The van der Waals surface area contributed by atoms with Crippen LogP contribution in [0.4, 0.5) is 5.69 Å². The van der Waals surface area contributed by atoms with Gasteiger partial charge in [-0.3, -0.25) is 0 Å². The third kappa shape index (κ3) is 2.56. The van der Waals surface area contributed by atoms with Crippen molar-refractivity contribution < 1.29 is 8.42 Å². The Morgan fingerprint density at radius 1 is 0.900 bits per heavy atom. The molecule has 106 valence electrons. The first-order valence-electron chi connectivity index (χ1n) is 6.43. The van der Waals surface area contributed by atoms with Gasteiger partial charge in [-0.15, -0.1) is 0 Å². The molecular formula is C16H19NO2S. The van der Waals surface area contributed by atoms with Crippen molar-refractivity contribution in [3.63, 3.8) is 0 Å². The molecule has 0 aromatic heterocycles. The number of anilines is 1. The monoisotopic (exact) mass is 289 g/mol. The van der Waals surface area contributed by atoms with Crippen LogP contribution >= 0.6 is 0 Å². The van der Waals surface area contributed by atoms with E-state index in [0.29, 0.717) is 16.1 Å². The maximum atomic E-state index is 12.7. The molecule has 0 heterocycles. The second-order valence-electron chi connectivity index (χ2n) is 5.73. The molecule has 3 nitrogen and oxygen atoms in total. The molecule has 0 aliphatic heterocycles. The van der Waals surface area contributed by atoms with Gasteiger partial charge in [0.1, 0.15) is 0 Å². The normalized spacial score (nSPS) is 12.3. The highest BCUT2D eigenvalue weighted by Gasteiger charge is 2.32. The number of benzene rings is 2. The number of hydrogen-bond acceptors (Lipinski definition) is 3. The van der Waals surface area contributed by atoms with Gasteiger partial charge < -0.3 is 5.73 Å². The topological polar surface area (TPSA) is 60.2 Å². The molecule has 2 rings (SSSR count). The molecule has 0 radical (unpaired) electrons. The van der Waals surface area contributed by atoms with E-state index in [1.165, 1.54) is 0 Å². The van der Waals surface area contributed by atoms with E-state index in [0.717, 1.165) is 5.56 Å². The van der Waals surface area contributed by atoms with Gasteiger partial charge in [0.2, 0.25) is 0 Å². The molecule has 4 heteroatoms. The molecule has 0 bridgehead atoms. The third-order valence-corrected chi connectivity index (χ3v) is 5.75. The first-order chi connectivity index (χ1) is 9.23. The highest BCUT2D eigenvalue weighted by Crippen LogP contribution is 2.33. The van der Waals surface area contributed by atoms with Gasteiger partial charge in [-0.2, -0.15) is 0 Å². The molecule has 0 aliphatic carbocycles. The average molecular weight is 289 g/mol. The Bertz CT molecular complexity index is 711. The molecule has 20 heavy (non-hydrogen) atoms. The molecular weight excluding hydrogens is 270 g/mol. The summed E-state index contributed by atoms with van der Waals surface area (Å²) in [6, 6.07) is 14.3. The molecule has 0 atom stereocenters. The van der Waals surface area contributed by atoms with Gasteiger partial charge in [0.15, 0.2) is 9.84 Å². The molecule has 0 aliphatic rings. The predicted octanol–water partition coefficient (Wildman–Crippen LogP) is 3.51. The number of rotatable bonds is 2. The van der Waals surface area contributed by atoms with Gasteiger partial charge in [-0.05, 0) is 44.5 Å². The lowest BCUT2D eigenvalue weighted by Crippen LogP contribution is -2.28. The van der Waals surface area contributed by atoms with Crippen molar-refractivity contribution in [2.75, 3.05) is 5.73 Å². The average Bonchev–Trinajstić information content (AvgIpc) is 2.38. The smallest absolute Gasteiger partial charge is 0.183 e. The quantitative estimate of drug-likeness (QED) is 0.861. The zero-order chi connectivity index (χ0) is 15.0. The van der Waals surface area contributed by atoms with Gasteiger partial charge in [0.05, 0.1) is 9.64 Å². The van der Waals surface area contributed by atoms with E-state index in [4.69, 9.17) is 5.73 Å². The summed E-state index contributed by atoms with van der Waals surface area (Å²) in [7, 11) is -3.40. The second kappa shape index (κ2) is 4.94. The van der Waals surface area contributed by atoms with Crippen molar-refractivity contribution in [2.45, 2.75) is 30.4 Å². The van der Waals surface area contributed by atoms with Crippen LogP contribution in [0.5, 0.6) is 0 Å². The third-order valence-electron chi connectivity index (χ3n) is 3.20. The van der Waals surface area contributed by atoms with Crippen molar-refractivity contribution in [1.82, 2.24) is 0 Å². The Balaban J connectivity index is 2.66. The van der Waals surface area contributed by atoms with E-state index in [2.05, 4.69) is 0 Å². The highest BCUT2D eigenvalue weighted by molar-refractivity contribution is 7.92. The SMILES string of the molecule is CC(C)(C)S(=O)(=O)c1ccccc1-c1ccc(N)cc1. The maximum Gasteiger partial charge on any atom is 0.183 e. The molecule has 0 saturated heterocycles. The van der Waals surface area contributed by atoms with E-state index < -0.39 is 14.6 Å². The van der Waals surface area contributed by atoms with Crippen LogP contribution in [0.25, 0.3) is 11.1 Å². The maximum absolute atomic E-state index is 12.7. The molecule has 2 N–H and O–H groups in total. The molecule has 0 spiro atoms. The molecule has 0 unspecified atom stereocenters. The fraction of sp³-hybridized carbons (Fsp3) is 0.250. The summed E-state index contributed by atoms with van der Waals surface area (Å²) in [6.45, 7) is 5.13. The van der Waals surface area contributed by atoms with Crippen molar-refractivity contribution in [2.24, 2.45) is 0 Å². The number of nitrogens with two attached hydrogens (primary N) is 1.